The van der Waals surface area contributed by atoms with Gasteiger partial charge in [-0.2, -0.15) is 0 Å². The van der Waals surface area contributed by atoms with Crippen LogP contribution in [-0.4, -0.2) is 31.4 Å². The topological polar surface area (TPSA) is 61.4 Å². The number of halogens is 1. The van der Waals surface area contributed by atoms with Gasteiger partial charge in [-0.1, -0.05) is 18.2 Å². The Morgan fingerprint density at radius 1 is 1.04 bits per heavy atom. The predicted molar refractivity (Wildman–Crippen MR) is 104 cm³/mol. The van der Waals surface area contributed by atoms with E-state index in [1.165, 1.54) is 6.07 Å². The van der Waals surface area contributed by atoms with Gasteiger partial charge in [0, 0.05) is 37.3 Å². The van der Waals surface area contributed by atoms with Crippen LogP contribution in [0.4, 0.5) is 15.8 Å². The lowest BCUT2D eigenvalue weighted by Gasteiger charge is -2.18. The number of carbonyl (C=O) groups is 2. The fourth-order valence-corrected chi connectivity index (χ4v) is 3.17. The Bertz CT molecular complexity index is 789. The van der Waals surface area contributed by atoms with Gasteiger partial charge in [0.25, 0.3) is 5.91 Å². The molecule has 1 aliphatic rings. The standard InChI is InChI=1S/C21H24FN3O2/c22-18-15-17(10-11-19(18)25-13-4-5-14-25)24-20(26)9-6-12-23-21(27)16-7-2-1-3-8-16/h1-3,7-8,10-11,15H,4-6,9,12-14H2,(H,23,27)(H,24,26). The Morgan fingerprint density at radius 2 is 1.78 bits per heavy atom. The van der Waals surface area contributed by atoms with E-state index >= 15 is 0 Å². The van der Waals surface area contributed by atoms with Gasteiger partial charge in [0.2, 0.25) is 5.91 Å². The summed E-state index contributed by atoms with van der Waals surface area (Å²) < 4.78 is 14.3. The van der Waals surface area contributed by atoms with E-state index in [0.29, 0.717) is 29.9 Å². The van der Waals surface area contributed by atoms with Crippen LogP contribution in [0.25, 0.3) is 0 Å². The molecular formula is C21H24FN3O2. The van der Waals surface area contributed by atoms with Gasteiger partial charge in [0.05, 0.1) is 5.69 Å². The third-order valence-corrected chi connectivity index (χ3v) is 4.58. The first-order valence-corrected chi connectivity index (χ1v) is 9.31. The molecule has 1 saturated heterocycles. The molecule has 6 heteroatoms. The number of carbonyl (C=O) groups excluding carboxylic acids is 2. The zero-order valence-electron chi connectivity index (χ0n) is 15.2. The van der Waals surface area contributed by atoms with Crippen molar-refractivity contribution in [2.45, 2.75) is 25.7 Å². The second-order valence-corrected chi connectivity index (χ2v) is 6.63. The molecule has 27 heavy (non-hydrogen) atoms. The van der Waals surface area contributed by atoms with Crippen LogP contribution in [0.3, 0.4) is 0 Å². The summed E-state index contributed by atoms with van der Waals surface area (Å²) in [6.07, 6.45) is 2.93. The average molecular weight is 369 g/mol. The normalized spacial score (nSPS) is 13.4. The van der Waals surface area contributed by atoms with Crippen molar-refractivity contribution >= 4 is 23.2 Å². The summed E-state index contributed by atoms with van der Waals surface area (Å²) in [5.41, 5.74) is 1.64. The van der Waals surface area contributed by atoms with E-state index in [2.05, 4.69) is 10.6 Å². The molecule has 0 unspecified atom stereocenters. The molecule has 2 aromatic rings. The number of hydrogen-bond acceptors (Lipinski definition) is 3. The molecule has 0 aromatic heterocycles. The van der Waals surface area contributed by atoms with Crippen LogP contribution in [0, 0.1) is 5.82 Å². The van der Waals surface area contributed by atoms with E-state index in [1.807, 2.05) is 11.0 Å². The van der Waals surface area contributed by atoms with Gasteiger partial charge in [-0.05, 0) is 49.6 Å². The molecule has 142 valence electrons. The van der Waals surface area contributed by atoms with Crippen LogP contribution in [0.15, 0.2) is 48.5 Å². The Labute approximate surface area is 158 Å². The number of nitrogens with one attached hydrogen (secondary N) is 2. The average Bonchev–Trinajstić information content (AvgIpc) is 3.20. The molecular weight excluding hydrogens is 345 g/mol. The largest absolute Gasteiger partial charge is 0.369 e. The fraction of sp³-hybridized carbons (Fsp3) is 0.333. The highest BCUT2D eigenvalue weighted by Crippen LogP contribution is 2.26. The van der Waals surface area contributed by atoms with Crippen molar-refractivity contribution in [3.8, 4) is 0 Å². The summed E-state index contributed by atoms with van der Waals surface area (Å²) >= 11 is 0. The lowest BCUT2D eigenvalue weighted by Crippen LogP contribution is -2.25. The lowest BCUT2D eigenvalue weighted by atomic mass is 10.2. The zero-order chi connectivity index (χ0) is 19.1. The van der Waals surface area contributed by atoms with Crippen molar-refractivity contribution in [1.82, 2.24) is 5.32 Å². The van der Waals surface area contributed by atoms with Gasteiger partial charge < -0.3 is 15.5 Å². The molecule has 2 aromatic carbocycles. The maximum absolute atomic E-state index is 14.3. The Morgan fingerprint density at radius 3 is 2.48 bits per heavy atom. The number of rotatable bonds is 7. The van der Waals surface area contributed by atoms with E-state index in [-0.39, 0.29) is 24.1 Å². The summed E-state index contributed by atoms with van der Waals surface area (Å²) in [4.78, 5) is 25.9. The lowest BCUT2D eigenvalue weighted by molar-refractivity contribution is -0.116. The molecule has 0 aliphatic carbocycles. The van der Waals surface area contributed by atoms with E-state index < -0.39 is 0 Å². The quantitative estimate of drug-likeness (QED) is 0.734. The molecule has 1 heterocycles. The van der Waals surface area contributed by atoms with Crippen molar-refractivity contribution in [3.63, 3.8) is 0 Å². The molecule has 3 rings (SSSR count). The van der Waals surface area contributed by atoms with Crippen molar-refractivity contribution in [3.05, 3.63) is 59.9 Å². The highest BCUT2D eigenvalue weighted by atomic mass is 19.1. The first kappa shape index (κ1) is 18.9. The third kappa shape index (κ3) is 5.29. The molecule has 1 fully saturated rings. The van der Waals surface area contributed by atoms with E-state index in [1.54, 1.807) is 36.4 Å². The smallest absolute Gasteiger partial charge is 0.251 e. The Hall–Kier alpha value is -2.89. The number of anilines is 2. The monoisotopic (exact) mass is 369 g/mol. The molecule has 2 amide bonds. The van der Waals surface area contributed by atoms with Crippen LogP contribution in [0.5, 0.6) is 0 Å². The molecule has 5 nitrogen and oxygen atoms in total. The van der Waals surface area contributed by atoms with Gasteiger partial charge in [-0.3, -0.25) is 9.59 Å². The zero-order valence-corrected chi connectivity index (χ0v) is 15.2. The summed E-state index contributed by atoms with van der Waals surface area (Å²) in [5, 5.41) is 5.49. The molecule has 0 bridgehead atoms. The SMILES string of the molecule is O=C(CCCNC(=O)c1ccccc1)Nc1ccc(N2CCCC2)c(F)c1. The molecule has 0 atom stereocenters. The van der Waals surface area contributed by atoms with Gasteiger partial charge >= 0.3 is 0 Å². The minimum atomic E-state index is -0.315. The number of nitrogens with zero attached hydrogens (tertiary/aromatic N) is 1. The van der Waals surface area contributed by atoms with Crippen molar-refractivity contribution in [2.75, 3.05) is 29.9 Å². The second-order valence-electron chi connectivity index (χ2n) is 6.63. The molecule has 0 spiro atoms. The summed E-state index contributed by atoms with van der Waals surface area (Å²) in [6.45, 7) is 2.15. The summed E-state index contributed by atoms with van der Waals surface area (Å²) in [5.74, 6) is -0.669. The first-order valence-electron chi connectivity index (χ1n) is 9.31. The van der Waals surface area contributed by atoms with Crippen LogP contribution in [0.1, 0.15) is 36.0 Å². The molecule has 2 N–H and O–H groups in total. The van der Waals surface area contributed by atoms with Gasteiger partial charge in [-0.15, -0.1) is 0 Å². The van der Waals surface area contributed by atoms with E-state index in [4.69, 9.17) is 0 Å². The molecule has 1 aliphatic heterocycles. The fourth-order valence-electron chi connectivity index (χ4n) is 3.17. The van der Waals surface area contributed by atoms with E-state index in [0.717, 1.165) is 25.9 Å². The third-order valence-electron chi connectivity index (χ3n) is 4.58. The Kier molecular flexibility index (Phi) is 6.41. The minimum Gasteiger partial charge on any atom is -0.369 e. The second kappa shape index (κ2) is 9.16. The van der Waals surface area contributed by atoms with Crippen molar-refractivity contribution in [2.24, 2.45) is 0 Å². The maximum atomic E-state index is 14.3. The highest BCUT2D eigenvalue weighted by molar-refractivity contribution is 5.94. The Balaban J connectivity index is 1.41. The highest BCUT2D eigenvalue weighted by Gasteiger charge is 2.16. The van der Waals surface area contributed by atoms with Crippen LogP contribution in [0.2, 0.25) is 0 Å². The first-order chi connectivity index (χ1) is 13.1. The number of benzene rings is 2. The predicted octanol–water partition coefficient (Wildman–Crippen LogP) is 3.57. The number of hydrogen-bond donors (Lipinski definition) is 2. The molecule has 0 saturated carbocycles. The van der Waals surface area contributed by atoms with Crippen LogP contribution >= 0.6 is 0 Å². The number of amides is 2. The maximum Gasteiger partial charge on any atom is 0.251 e. The summed E-state index contributed by atoms with van der Waals surface area (Å²) in [6, 6.07) is 13.7. The minimum absolute atomic E-state index is 0.157. The van der Waals surface area contributed by atoms with Gasteiger partial charge in [0.1, 0.15) is 5.82 Å². The van der Waals surface area contributed by atoms with Crippen LogP contribution in [-0.2, 0) is 4.79 Å². The van der Waals surface area contributed by atoms with Crippen molar-refractivity contribution < 1.29 is 14.0 Å². The summed E-state index contributed by atoms with van der Waals surface area (Å²) in [7, 11) is 0. The van der Waals surface area contributed by atoms with Gasteiger partial charge in [0.15, 0.2) is 0 Å². The van der Waals surface area contributed by atoms with Crippen molar-refractivity contribution in [1.29, 1.82) is 0 Å². The van der Waals surface area contributed by atoms with Gasteiger partial charge in [-0.25, -0.2) is 4.39 Å². The van der Waals surface area contributed by atoms with E-state index in [9.17, 15) is 14.0 Å². The van der Waals surface area contributed by atoms with Crippen LogP contribution < -0.4 is 15.5 Å². The molecule has 0 radical (unpaired) electrons.